The van der Waals surface area contributed by atoms with Gasteiger partial charge in [0.2, 0.25) is 0 Å². The lowest BCUT2D eigenvalue weighted by Gasteiger charge is -2.30. The van der Waals surface area contributed by atoms with E-state index >= 15 is 0 Å². The van der Waals surface area contributed by atoms with E-state index < -0.39 is 0 Å². The Balaban J connectivity index is 1.41. The van der Waals surface area contributed by atoms with Crippen LogP contribution in [0, 0.1) is 13.8 Å². The lowest BCUT2D eigenvalue weighted by molar-refractivity contribution is 0.478. The Labute approximate surface area is 179 Å². The molecule has 4 heterocycles. The summed E-state index contributed by atoms with van der Waals surface area (Å²) >= 11 is 6.28. The summed E-state index contributed by atoms with van der Waals surface area (Å²) in [7, 11) is 1.93. The van der Waals surface area contributed by atoms with E-state index in [9.17, 15) is 0 Å². The molecule has 0 radical (unpaired) electrons. The summed E-state index contributed by atoms with van der Waals surface area (Å²) in [5.41, 5.74) is 4.19. The van der Waals surface area contributed by atoms with Crippen molar-refractivity contribution in [3.63, 3.8) is 0 Å². The molecule has 1 aliphatic rings. The second kappa shape index (κ2) is 7.25. The summed E-state index contributed by atoms with van der Waals surface area (Å²) in [6, 6.07) is 8.01. The molecule has 0 N–H and O–H groups in total. The highest BCUT2D eigenvalue weighted by Crippen LogP contribution is 2.31. The topological polar surface area (TPSA) is 69.0 Å². The van der Waals surface area contributed by atoms with Crippen LogP contribution in [0.25, 0.3) is 10.9 Å². The number of rotatable bonds is 3. The average Bonchev–Trinajstić information content (AvgIpc) is 3.10. The van der Waals surface area contributed by atoms with E-state index in [1.165, 1.54) is 0 Å². The van der Waals surface area contributed by atoms with Crippen molar-refractivity contribution in [1.29, 1.82) is 0 Å². The molecule has 30 heavy (non-hydrogen) atoms. The van der Waals surface area contributed by atoms with E-state index in [0.717, 1.165) is 52.3 Å². The quantitative estimate of drug-likeness (QED) is 0.458. The Morgan fingerprint density at radius 1 is 1.07 bits per heavy atom. The Morgan fingerprint density at radius 2 is 1.93 bits per heavy atom. The summed E-state index contributed by atoms with van der Waals surface area (Å²) in [4.78, 5) is 15.7. The number of pyridine rings is 1. The molecule has 7 nitrogen and oxygen atoms in total. The first-order valence-corrected chi connectivity index (χ1v) is 10.2. The van der Waals surface area contributed by atoms with Gasteiger partial charge in [-0.15, -0.1) is 0 Å². The van der Waals surface area contributed by atoms with Crippen molar-refractivity contribution in [1.82, 2.24) is 24.7 Å². The number of aryl methyl sites for hydroxylation is 2. The van der Waals surface area contributed by atoms with Crippen LogP contribution in [0.5, 0.6) is 11.5 Å². The standard InChI is InChI=1S/C22H21ClN6O/c1-13-21(23)26-14(2)27-22(13)29-7-6-19-16(12-29)9-18(11-24-19)30-17-4-5-20-15(8-17)10-25-28(20)3/h4-5,8-11H,6-7,12H2,1-3H3. The minimum atomic E-state index is 0.504. The van der Waals surface area contributed by atoms with Crippen LogP contribution in [-0.4, -0.2) is 31.3 Å². The molecule has 0 atom stereocenters. The van der Waals surface area contributed by atoms with Gasteiger partial charge in [0.15, 0.2) is 0 Å². The fourth-order valence-corrected chi connectivity index (χ4v) is 4.08. The zero-order chi connectivity index (χ0) is 20.8. The molecule has 152 valence electrons. The van der Waals surface area contributed by atoms with E-state index in [2.05, 4.69) is 31.0 Å². The summed E-state index contributed by atoms with van der Waals surface area (Å²) < 4.78 is 7.94. The zero-order valence-electron chi connectivity index (χ0n) is 17.1. The molecule has 3 aromatic heterocycles. The van der Waals surface area contributed by atoms with E-state index in [-0.39, 0.29) is 0 Å². The van der Waals surface area contributed by atoms with Gasteiger partial charge in [-0.2, -0.15) is 5.10 Å². The third-order valence-electron chi connectivity index (χ3n) is 5.44. The Bertz CT molecular complexity index is 1270. The van der Waals surface area contributed by atoms with Crippen LogP contribution in [-0.2, 0) is 20.0 Å². The predicted octanol–water partition coefficient (Wildman–Crippen LogP) is 4.38. The molecule has 0 saturated heterocycles. The summed E-state index contributed by atoms with van der Waals surface area (Å²) in [5.74, 6) is 3.03. The SMILES string of the molecule is Cc1nc(Cl)c(C)c(N2CCc3ncc(Oc4ccc5c(cnn5C)c4)cc3C2)n1. The summed E-state index contributed by atoms with van der Waals surface area (Å²) in [6.07, 6.45) is 4.47. The first-order chi connectivity index (χ1) is 14.5. The van der Waals surface area contributed by atoms with Crippen LogP contribution >= 0.6 is 11.6 Å². The first-order valence-electron chi connectivity index (χ1n) is 9.81. The molecule has 0 spiro atoms. The van der Waals surface area contributed by atoms with Gasteiger partial charge in [0.1, 0.15) is 28.3 Å². The largest absolute Gasteiger partial charge is 0.456 e. The van der Waals surface area contributed by atoms with Crippen molar-refractivity contribution in [3.05, 3.63) is 64.5 Å². The van der Waals surface area contributed by atoms with Crippen LogP contribution in [0.15, 0.2) is 36.7 Å². The Kier molecular flexibility index (Phi) is 4.55. The molecule has 5 rings (SSSR count). The van der Waals surface area contributed by atoms with Crippen molar-refractivity contribution in [3.8, 4) is 11.5 Å². The Hall–Kier alpha value is -3.19. The zero-order valence-corrected chi connectivity index (χ0v) is 17.8. The molecule has 0 unspecified atom stereocenters. The molecule has 0 aliphatic carbocycles. The number of ether oxygens (including phenoxy) is 1. The number of nitrogens with zero attached hydrogens (tertiary/aromatic N) is 6. The number of benzene rings is 1. The van der Waals surface area contributed by atoms with Crippen molar-refractivity contribution in [2.45, 2.75) is 26.8 Å². The molecule has 8 heteroatoms. The van der Waals surface area contributed by atoms with Crippen molar-refractivity contribution in [2.75, 3.05) is 11.4 Å². The Morgan fingerprint density at radius 3 is 2.80 bits per heavy atom. The molecule has 0 fully saturated rings. The molecular formula is C22H21ClN6O. The summed E-state index contributed by atoms with van der Waals surface area (Å²) in [5, 5.41) is 5.83. The predicted molar refractivity (Wildman–Crippen MR) is 116 cm³/mol. The third-order valence-corrected chi connectivity index (χ3v) is 5.81. The third kappa shape index (κ3) is 3.35. The molecule has 1 aliphatic heterocycles. The van der Waals surface area contributed by atoms with Gasteiger partial charge in [0.25, 0.3) is 0 Å². The van der Waals surface area contributed by atoms with Crippen molar-refractivity contribution in [2.24, 2.45) is 7.05 Å². The van der Waals surface area contributed by atoms with Gasteiger partial charge in [-0.05, 0) is 43.7 Å². The van der Waals surface area contributed by atoms with Crippen LogP contribution in [0.3, 0.4) is 0 Å². The highest BCUT2D eigenvalue weighted by molar-refractivity contribution is 6.30. The van der Waals surface area contributed by atoms with E-state index in [1.807, 2.05) is 50.0 Å². The van der Waals surface area contributed by atoms with Crippen molar-refractivity contribution < 1.29 is 4.74 Å². The fourth-order valence-electron chi connectivity index (χ4n) is 3.87. The maximum atomic E-state index is 6.28. The van der Waals surface area contributed by atoms with E-state index in [0.29, 0.717) is 23.3 Å². The number of aromatic nitrogens is 5. The number of fused-ring (bicyclic) bond motifs is 2. The highest BCUT2D eigenvalue weighted by Gasteiger charge is 2.22. The second-order valence-electron chi connectivity index (χ2n) is 7.55. The molecule has 0 bridgehead atoms. The number of hydrogen-bond donors (Lipinski definition) is 0. The van der Waals surface area contributed by atoms with Crippen molar-refractivity contribution >= 4 is 28.3 Å². The van der Waals surface area contributed by atoms with Gasteiger partial charge in [0.05, 0.1) is 17.9 Å². The lowest BCUT2D eigenvalue weighted by atomic mass is 10.1. The summed E-state index contributed by atoms with van der Waals surface area (Å²) in [6.45, 7) is 5.36. The molecule has 0 saturated carbocycles. The highest BCUT2D eigenvalue weighted by atomic mass is 35.5. The molecule has 4 aromatic rings. The number of halogens is 1. The maximum absolute atomic E-state index is 6.28. The van der Waals surface area contributed by atoms with Gasteiger partial charge in [-0.1, -0.05) is 11.6 Å². The first kappa shape index (κ1) is 18.8. The minimum absolute atomic E-state index is 0.504. The van der Waals surface area contributed by atoms with Gasteiger partial charge in [-0.25, -0.2) is 9.97 Å². The number of anilines is 1. The smallest absolute Gasteiger partial charge is 0.146 e. The maximum Gasteiger partial charge on any atom is 0.146 e. The normalized spacial score (nSPS) is 13.5. The van der Waals surface area contributed by atoms with Crippen LogP contribution < -0.4 is 9.64 Å². The van der Waals surface area contributed by atoms with Crippen LogP contribution in [0.4, 0.5) is 5.82 Å². The van der Waals surface area contributed by atoms with E-state index in [4.69, 9.17) is 16.3 Å². The molecule has 0 amide bonds. The fraction of sp³-hybridized carbons (Fsp3) is 0.273. The lowest BCUT2D eigenvalue weighted by Crippen LogP contribution is -2.32. The van der Waals surface area contributed by atoms with Gasteiger partial charge >= 0.3 is 0 Å². The van der Waals surface area contributed by atoms with Gasteiger partial charge in [-0.3, -0.25) is 9.67 Å². The number of hydrogen-bond acceptors (Lipinski definition) is 6. The second-order valence-corrected chi connectivity index (χ2v) is 7.91. The van der Waals surface area contributed by atoms with E-state index in [1.54, 1.807) is 6.20 Å². The molecule has 1 aromatic carbocycles. The molecular weight excluding hydrogens is 400 g/mol. The minimum Gasteiger partial charge on any atom is -0.456 e. The van der Waals surface area contributed by atoms with Gasteiger partial charge in [0, 0.05) is 43.2 Å². The van der Waals surface area contributed by atoms with Gasteiger partial charge < -0.3 is 9.64 Å². The monoisotopic (exact) mass is 420 g/mol. The average molecular weight is 421 g/mol. The van der Waals surface area contributed by atoms with Crippen LogP contribution in [0.1, 0.15) is 22.6 Å². The van der Waals surface area contributed by atoms with Crippen LogP contribution in [0.2, 0.25) is 5.15 Å².